The molecule has 19 heavy (non-hydrogen) atoms. The normalized spacial score (nSPS) is 12.7. The zero-order valence-corrected chi connectivity index (χ0v) is 12.5. The smallest absolute Gasteiger partial charge is 0.293 e. The summed E-state index contributed by atoms with van der Waals surface area (Å²) in [6.45, 7) is 5.94. The first-order valence-electron chi connectivity index (χ1n) is 6.47. The highest BCUT2D eigenvalue weighted by molar-refractivity contribution is 6.20. The highest BCUT2D eigenvalue weighted by Crippen LogP contribution is 2.03. The zero-order chi connectivity index (χ0) is 14.3. The maximum Gasteiger partial charge on any atom is 0.293 e. The van der Waals surface area contributed by atoms with Gasteiger partial charge in [-0.15, -0.1) is 11.6 Å². The molecule has 0 aromatic carbocycles. The second-order valence-electron chi connectivity index (χ2n) is 4.90. The van der Waals surface area contributed by atoms with E-state index in [9.17, 15) is 4.79 Å². The molecular formula is C13H22ClN3O2. The minimum Gasteiger partial charge on any atom is -0.383 e. The third kappa shape index (κ3) is 5.61. The largest absolute Gasteiger partial charge is 0.383 e. The van der Waals surface area contributed by atoms with Crippen molar-refractivity contribution in [1.82, 2.24) is 9.55 Å². The molecule has 1 aromatic heterocycles. The Balaban J connectivity index is 2.57. The lowest BCUT2D eigenvalue weighted by Gasteiger charge is -2.12. The summed E-state index contributed by atoms with van der Waals surface area (Å²) in [6, 6.07) is 0. The molecular weight excluding hydrogens is 266 g/mol. The van der Waals surface area contributed by atoms with Gasteiger partial charge in [-0.1, -0.05) is 13.8 Å². The Hall–Kier alpha value is -1.07. The van der Waals surface area contributed by atoms with Crippen LogP contribution in [-0.4, -0.2) is 35.2 Å². The summed E-state index contributed by atoms with van der Waals surface area (Å²) in [5.41, 5.74) is -0.0888. The van der Waals surface area contributed by atoms with Crippen molar-refractivity contribution in [2.45, 2.75) is 32.2 Å². The van der Waals surface area contributed by atoms with Crippen LogP contribution in [0.3, 0.4) is 0 Å². The van der Waals surface area contributed by atoms with Gasteiger partial charge in [0.2, 0.25) is 0 Å². The number of methoxy groups -OCH3 is 1. The van der Waals surface area contributed by atoms with Crippen molar-refractivity contribution in [3.8, 4) is 0 Å². The molecule has 0 aliphatic carbocycles. The van der Waals surface area contributed by atoms with Crippen molar-refractivity contribution >= 4 is 17.4 Å². The minimum absolute atomic E-state index is 0.0564. The molecule has 0 amide bonds. The van der Waals surface area contributed by atoms with Crippen LogP contribution < -0.4 is 10.9 Å². The van der Waals surface area contributed by atoms with Crippen LogP contribution >= 0.6 is 11.6 Å². The molecule has 0 saturated carbocycles. The molecule has 1 aromatic rings. The molecule has 0 aliphatic heterocycles. The van der Waals surface area contributed by atoms with Crippen LogP contribution in [0.4, 0.5) is 5.82 Å². The molecule has 0 aliphatic rings. The van der Waals surface area contributed by atoms with Crippen LogP contribution in [0.2, 0.25) is 0 Å². The maximum atomic E-state index is 12.1. The highest BCUT2D eigenvalue weighted by atomic mass is 35.5. The summed E-state index contributed by atoms with van der Waals surface area (Å²) in [7, 11) is 1.62. The second-order valence-corrected chi connectivity index (χ2v) is 5.51. The number of aromatic nitrogens is 2. The van der Waals surface area contributed by atoms with E-state index < -0.39 is 0 Å². The van der Waals surface area contributed by atoms with Crippen molar-refractivity contribution in [1.29, 1.82) is 0 Å². The predicted octanol–water partition coefficient (Wildman–Crippen LogP) is 1.96. The van der Waals surface area contributed by atoms with E-state index >= 15 is 0 Å². The Morgan fingerprint density at radius 1 is 1.53 bits per heavy atom. The van der Waals surface area contributed by atoms with Crippen molar-refractivity contribution in [3.63, 3.8) is 0 Å². The predicted molar refractivity (Wildman–Crippen MR) is 78.0 cm³/mol. The Morgan fingerprint density at radius 2 is 2.26 bits per heavy atom. The van der Waals surface area contributed by atoms with Crippen molar-refractivity contribution in [2.24, 2.45) is 5.92 Å². The molecule has 1 rings (SSSR count). The molecule has 0 radical (unpaired) electrons. The molecule has 1 unspecified atom stereocenters. The first-order valence-corrected chi connectivity index (χ1v) is 6.90. The maximum absolute atomic E-state index is 12.1. The van der Waals surface area contributed by atoms with Crippen molar-refractivity contribution < 1.29 is 4.74 Å². The number of hydrogen-bond acceptors (Lipinski definition) is 4. The zero-order valence-electron chi connectivity index (χ0n) is 11.7. The van der Waals surface area contributed by atoms with Gasteiger partial charge in [-0.05, 0) is 12.3 Å². The van der Waals surface area contributed by atoms with E-state index in [0.29, 0.717) is 31.4 Å². The molecule has 108 valence electrons. The summed E-state index contributed by atoms with van der Waals surface area (Å²) in [4.78, 5) is 16.2. The van der Waals surface area contributed by atoms with E-state index in [4.69, 9.17) is 16.3 Å². The number of rotatable bonds is 8. The number of nitrogens with one attached hydrogen (secondary N) is 1. The number of halogens is 1. The van der Waals surface area contributed by atoms with E-state index in [-0.39, 0.29) is 10.9 Å². The molecule has 0 fully saturated rings. The number of ether oxygens (including phenoxy) is 1. The van der Waals surface area contributed by atoms with E-state index in [0.717, 1.165) is 6.42 Å². The summed E-state index contributed by atoms with van der Waals surface area (Å²) in [5.74, 6) is 0.798. The standard InChI is InChI=1S/C13H22ClN3O2/c1-10(2)8-17-7-6-16-12(13(17)18)15-5-4-11(14)9-19-3/h6-7,10-11H,4-5,8-9H2,1-3H3,(H,15,16). The minimum atomic E-state index is -0.0888. The molecule has 1 heterocycles. The molecule has 0 saturated heterocycles. The van der Waals surface area contributed by atoms with Crippen LogP contribution in [0.5, 0.6) is 0 Å². The van der Waals surface area contributed by atoms with Crippen LogP contribution in [0.15, 0.2) is 17.2 Å². The van der Waals surface area contributed by atoms with Crippen molar-refractivity contribution in [2.75, 3.05) is 25.6 Å². The fourth-order valence-electron chi connectivity index (χ4n) is 1.72. The van der Waals surface area contributed by atoms with Crippen LogP contribution in [0.1, 0.15) is 20.3 Å². The molecule has 0 bridgehead atoms. The Bertz CT molecular complexity index is 434. The number of alkyl halides is 1. The van der Waals surface area contributed by atoms with Gasteiger partial charge in [0.05, 0.1) is 12.0 Å². The summed E-state index contributed by atoms with van der Waals surface area (Å²) in [5, 5.41) is 2.98. The molecule has 6 heteroatoms. The summed E-state index contributed by atoms with van der Waals surface area (Å²) >= 11 is 6.02. The number of nitrogens with zero attached hydrogens (tertiary/aromatic N) is 2. The van der Waals surface area contributed by atoms with E-state index in [1.165, 1.54) is 0 Å². The molecule has 5 nitrogen and oxygen atoms in total. The van der Waals surface area contributed by atoms with Gasteiger partial charge in [0.1, 0.15) is 0 Å². The average molecular weight is 288 g/mol. The Labute approximate surface area is 118 Å². The summed E-state index contributed by atoms with van der Waals surface area (Å²) in [6.07, 6.45) is 4.07. The average Bonchev–Trinajstić information content (AvgIpc) is 2.33. The van der Waals surface area contributed by atoms with Gasteiger partial charge in [0.15, 0.2) is 5.82 Å². The van der Waals surface area contributed by atoms with E-state index in [1.807, 2.05) is 0 Å². The van der Waals surface area contributed by atoms with Crippen LogP contribution in [0.25, 0.3) is 0 Å². The lowest BCUT2D eigenvalue weighted by atomic mass is 10.2. The number of hydrogen-bond donors (Lipinski definition) is 1. The summed E-state index contributed by atoms with van der Waals surface area (Å²) < 4.78 is 6.63. The second kappa shape index (κ2) is 8.17. The van der Waals surface area contributed by atoms with Gasteiger partial charge in [-0.3, -0.25) is 4.79 Å². The fourth-order valence-corrected chi connectivity index (χ4v) is 1.95. The van der Waals surface area contributed by atoms with Gasteiger partial charge in [0, 0.05) is 32.6 Å². The third-order valence-electron chi connectivity index (χ3n) is 2.57. The molecule has 1 atom stereocenters. The van der Waals surface area contributed by atoms with Gasteiger partial charge in [0.25, 0.3) is 5.56 Å². The first kappa shape index (κ1) is 16.0. The highest BCUT2D eigenvalue weighted by Gasteiger charge is 2.07. The quantitative estimate of drug-likeness (QED) is 0.743. The van der Waals surface area contributed by atoms with Gasteiger partial charge in [-0.25, -0.2) is 4.98 Å². The first-order chi connectivity index (χ1) is 9.04. The van der Waals surface area contributed by atoms with E-state index in [2.05, 4.69) is 24.1 Å². The Morgan fingerprint density at radius 3 is 2.89 bits per heavy atom. The van der Waals surface area contributed by atoms with Crippen LogP contribution in [0, 0.1) is 5.92 Å². The van der Waals surface area contributed by atoms with Crippen LogP contribution in [-0.2, 0) is 11.3 Å². The van der Waals surface area contributed by atoms with Crippen molar-refractivity contribution in [3.05, 3.63) is 22.7 Å². The SMILES string of the molecule is COCC(Cl)CCNc1nccn(CC(C)C)c1=O. The monoisotopic (exact) mass is 287 g/mol. The Kier molecular flexibility index (Phi) is 6.87. The van der Waals surface area contributed by atoms with Gasteiger partial charge >= 0.3 is 0 Å². The fraction of sp³-hybridized carbons (Fsp3) is 0.692. The topological polar surface area (TPSA) is 56.1 Å². The van der Waals surface area contributed by atoms with E-state index in [1.54, 1.807) is 24.1 Å². The molecule has 0 spiro atoms. The molecule has 1 N–H and O–H groups in total. The number of anilines is 1. The lowest BCUT2D eigenvalue weighted by Crippen LogP contribution is -2.26. The van der Waals surface area contributed by atoms with Gasteiger partial charge < -0.3 is 14.6 Å². The lowest BCUT2D eigenvalue weighted by molar-refractivity contribution is 0.196. The third-order valence-corrected chi connectivity index (χ3v) is 2.92. The van der Waals surface area contributed by atoms with Gasteiger partial charge in [-0.2, -0.15) is 0 Å².